The summed E-state index contributed by atoms with van der Waals surface area (Å²) in [6.45, 7) is 3.20. The van der Waals surface area contributed by atoms with E-state index in [9.17, 15) is 9.59 Å². The zero-order chi connectivity index (χ0) is 14.0. The van der Waals surface area contributed by atoms with Gasteiger partial charge in [-0.15, -0.1) is 0 Å². The summed E-state index contributed by atoms with van der Waals surface area (Å²) in [5, 5.41) is 2.64. The van der Waals surface area contributed by atoms with E-state index in [0.717, 1.165) is 19.3 Å². The molecule has 3 N–H and O–H groups in total. The van der Waals surface area contributed by atoms with Crippen molar-refractivity contribution in [2.75, 3.05) is 26.8 Å². The second kappa shape index (κ2) is 5.46. The minimum Gasteiger partial charge on any atom is -0.379 e. The van der Waals surface area contributed by atoms with Gasteiger partial charge in [0.25, 0.3) is 0 Å². The Morgan fingerprint density at radius 2 is 2.16 bits per heavy atom. The molecule has 0 saturated carbocycles. The Labute approximate surface area is 113 Å². The Morgan fingerprint density at radius 3 is 2.74 bits per heavy atom. The molecule has 2 fully saturated rings. The van der Waals surface area contributed by atoms with Crippen LogP contribution >= 0.6 is 0 Å². The summed E-state index contributed by atoms with van der Waals surface area (Å²) in [5.74, 6) is -0.144. The highest BCUT2D eigenvalue weighted by atomic mass is 16.5. The first-order valence-electron chi connectivity index (χ1n) is 6.86. The van der Waals surface area contributed by atoms with Crippen LogP contribution in [0.2, 0.25) is 0 Å². The number of ether oxygens (including phenoxy) is 1. The van der Waals surface area contributed by atoms with Crippen LogP contribution in [0.15, 0.2) is 0 Å². The highest BCUT2D eigenvalue weighted by molar-refractivity contribution is 5.90. The summed E-state index contributed by atoms with van der Waals surface area (Å²) in [4.78, 5) is 26.4. The number of amides is 2. The van der Waals surface area contributed by atoms with E-state index in [1.807, 2.05) is 6.92 Å². The lowest BCUT2D eigenvalue weighted by molar-refractivity contribution is -0.150. The number of piperidine rings is 1. The summed E-state index contributed by atoms with van der Waals surface area (Å²) in [6.07, 6.45) is 2.63. The zero-order valence-electron chi connectivity index (χ0n) is 11.6. The van der Waals surface area contributed by atoms with Gasteiger partial charge >= 0.3 is 0 Å². The summed E-state index contributed by atoms with van der Waals surface area (Å²) in [6, 6.07) is -0.664. The summed E-state index contributed by atoms with van der Waals surface area (Å²) in [5.41, 5.74) is 5.30. The highest BCUT2D eigenvalue weighted by Crippen LogP contribution is 2.32. The molecule has 6 heteroatoms. The summed E-state index contributed by atoms with van der Waals surface area (Å²) < 4.78 is 5.33. The molecule has 2 saturated heterocycles. The van der Waals surface area contributed by atoms with Crippen molar-refractivity contribution < 1.29 is 14.3 Å². The molecule has 108 valence electrons. The number of hydrogen-bond donors (Lipinski definition) is 2. The molecule has 2 aliphatic rings. The average molecular weight is 269 g/mol. The van der Waals surface area contributed by atoms with Crippen molar-refractivity contribution in [3.8, 4) is 0 Å². The zero-order valence-corrected chi connectivity index (χ0v) is 11.6. The van der Waals surface area contributed by atoms with Gasteiger partial charge in [-0.25, -0.2) is 0 Å². The molecular formula is C13H23N3O3. The van der Waals surface area contributed by atoms with Gasteiger partial charge in [-0.05, 0) is 26.2 Å². The molecule has 6 nitrogen and oxygen atoms in total. The van der Waals surface area contributed by atoms with Crippen molar-refractivity contribution in [1.82, 2.24) is 10.2 Å². The molecule has 0 aromatic rings. The van der Waals surface area contributed by atoms with Crippen LogP contribution < -0.4 is 11.1 Å². The third kappa shape index (κ3) is 2.47. The van der Waals surface area contributed by atoms with E-state index in [4.69, 9.17) is 10.5 Å². The van der Waals surface area contributed by atoms with Crippen LogP contribution in [0.3, 0.4) is 0 Å². The predicted molar refractivity (Wildman–Crippen MR) is 70.3 cm³/mol. The van der Waals surface area contributed by atoms with E-state index in [1.165, 1.54) is 0 Å². The number of carbonyl (C=O) groups excluding carboxylic acids is 2. The number of nitrogens with two attached hydrogens (primary N) is 1. The minimum absolute atomic E-state index is 0.0502. The molecular weight excluding hydrogens is 246 g/mol. The molecule has 0 aliphatic carbocycles. The van der Waals surface area contributed by atoms with Crippen LogP contribution in [0.25, 0.3) is 0 Å². The molecule has 2 rings (SSSR count). The lowest BCUT2D eigenvalue weighted by atomic mass is 9.83. The molecule has 2 aliphatic heterocycles. The molecule has 3 atom stereocenters. The van der Waals surface area contributed by atoms with Gasteiger partial charge in [-0.1, -0.05) is 0 Å². The number of rotatable bonds is 2. The fourth-order valence-corrected chi connectivity index (χ4v) is 2.85. The largest absolute Gasteiger partial charge is 0.379 e. The van der Waals surface area contributed by atoms with Crippen molar-refractivity contribution in [1.29, 1.82) is 0 Å². The van der Waals surface area contributed by atoms with Crippen molar-refractivity contribution in [2.24, 2.45) is 11.1 Å². The Bertz CT molecular complexity index is 374. The van der Waals surface area contributed by atoms with Crippen molar-refractivity contribution in [3.05, 3.63) is 0 Å². The number of likely N-dealkylation sites (N-methyl/N-ethyl adjacent to an activating group) is 1. The van der Waals surface area contributed by atoms with Gasteiger partial charge in [0, 0.05) is 19.6 Å². The predicted octanol–water partition coefficient (Wildman–Crippen LogP) is -0.523. The molecule has 0 radical (unpaired) electrons. The van der Waals surface area contributed by atoms with Crippen LogP contribution in [0.4, 0.5) is 0 Å². The van der Waals surface area contributed by atoms with Gasteiger partial charge in [-0.3, -0.25) is 9.59 Å². The Morgan fingerprint density at radius 1 is 1.42 bits per heavy atom. The molecule has 0 bridgehead atoms. The third-order valence-corrected chi connectivity index (χ3v) is 4.32. The van der Waals surface area contributed by atoms with E-state index in [2.05, 4.69) is 5.32 Å². The Hall–Kier alpha value is -1.14. The number of hydrogen-bond acceptors (Lipinski definition) is 4. The van der Waals surface area contributed by atoms with Crippen LogP contribution in [-0.4, -0.2) is 55.6 Å². The van der Waals surface area contributed by atoms with Crippen molar-refractivity contribution in [3.63, 3.8) is 0 Å². The molecule has 2 heterocycles. The van der Waals surface area contributed by atoms with E-state index in [0.29, 0.717) is 19.8 Å². The van der Waals surface area contributed by atoms with E-state index in [1.54, 1.807) is 11.9 Å². The van der Waals surface area contributed by atoms with Gasteiger partial charge in [0.1, 0.15) is 6.04 Å². The van der Waals surface area contributed by atoms with Crippen LogP contribution in [0, 0.1) is 5.41 Å². The quantitative estimate of drug-likeness (QED) is 0.706. The number of likely N-dealkylation sites (tertiary alicyclic amines) is 1. The summed E-state index contributed by atoms with van der Waals surface area (Å²) in [7, 11) is 1.60. The fourth-order valence-electron chi connectivity index (χ4n) is 2.85. The SMILES string of the molecule is CNC(=O)C1CCCCN1C(=O)C1(C)COCC1N. The monoisotopic (exact) mass is 269 g/mol. The molecule has 0 aromatic carbocycles. The normalized spacial score (nSPS) is 35.2. The van der Waals surface area contributed by atoms with Gasteiger partial charge < -0.3 is 20.7 Å². The maximum Gasteiger partial charge on any atom is 0.242 e. The first-order valence-corrected chi connectivity index (χ1v) is 6.86. The van der Waals surface area contributed by atoms with E-state index < -0.39 is 5.41 Å². The average Bonchev–Trinajstić information content (AvgIpc) is 2.78. The topological polar surface area (TPSA) is 84.7 Å². The van der Waals surface area contributed by atoms with Crippen LogP contribution in [-0.2, 0) is 14.3 Å². The van der Waals surface area contributed by atoms with Gasteiger partial charge in [0.15, 0.2) is 0 Å². The van der Waals surface area contributed by atoms with Crippen molar-refractivity contribution >= 4 is 11.8 Å². The molecule has 19 heavy (non-hydrogen) atoms. The minimum atomic E-state index is -0.705. The number of nitrogens with zero attached hydrogens (tertiary/aromatic N) is 1. The van der Waals surface area contributed by atoms with E-state index >= 15 is 0 Å². The molecule has 0 aromatic heterocycles. The second-order valence-electron chi connectivity index (χ2n) is 5.66. The van der Waals surface area contributed by atoms with Gasteiger partial charge in [0.2, 0.25) is 11.8 Å². The van der Waals surface area contributed by atoms with Crippen LogP contribution in [0.5, 0.6) is 0 Å². The maximum atomic E-state index is 12.7. The second-order valence-corrected chi connectivity index (χ2v) is 5.66. The third-order valence-electron chi connectivity index (χ3n) is 4.32. The van der Waals surface area contributed by atoms with Gasteiger partial charge in [0.05, 0.1) is 18.6 Å². The lowest BCUT2D eigenvalue weighted by Crippen LogP contribution is -2.58. The van der Waals surface area contributed by atoms with Gasteiger partial charge in [-0.2, -0.15) is 0 Å². The van der Waals surface area contributed by atoms with E-state index in [-0.39, 0.29) is 23.9 Å². The smallest absolute Gasteiger partial charge is 0.242 e. The van der Waals surface area contributed by atoms with Crippen molar-refractivity contribution in [2.45, 2.75) is 38.3 Å². The highest BCUT2D eigenvalue weighted by Gasteiger charge is 2.48. The number of nitrogens with one attached hydrogen (secondary N) is 1. The maximum absolute atomic E-state index is 12.7. The standard InChI is InChI=1S/C13H23N3O3/c1-13(8-19-7-10(13)14)12(18)16-6-4-3-5-9(16)11(17)15-2/h9-10H,3-8,14H2,1-2H3,(H,15,17). The first kappa shape index (κ1) is 14.3. The fraction of sp³-hybridized carbons (Fsp3) is 0.846. The Balaban J connectivity index is 2.18. The molecule has 0 spiro atoms. The number of carbonyl (C=O) groups is 2. The molecule has 3 unspecified atom stereocenters. The summed E-state index contributed by atoms with van der Waals surface area (Å²) >= 11 is 0. The van der Waals surface area contributed by atoms with Crippen LogP contribution in [0.1, 0.15) is 26.2 Å². The lowest BCUT2D eigenvalue weighted by Gasteiger charge is -2.39. The first-order chi connectivity index (χ1) is 9.00. The Kier molecular flexibility index (Phi) is 4.10. The molecule has 2 amide bonds.